The molecule has 0 spiro atoms. The van der Waals surface area contributed by atoms with Crippen LogP contribution in [0.1, 0.15) is 29.5 Å². The maximum atomic E-state index is 9.77. The molecule has 2 unspecified atom stereocenters. The lowest BCUT2D eigenvalue weighted by Gasteiger charge is -2.19. The number of hydrogen-bond donors (Lipinski definition) is 3. The molecule has 4 N–H and O–H groups in total. The van der Waals surface area contributed by atoms with Gasteiger partial charge >= 0.3 is 0 Å². The van der Waals surface area contributed by atoms with Crippen molar-refractivity contribution < 1.29 is 14.8 Å². The molecule has 2 atom stereocenters. The van der Waals surface area contributed by atoms with Crippen LogP contribution < -0.4 is 15.2 Å². The summed E-state index contributed by atoms with van der Waals surface area (Å²) in [6.45, 7) is 5.62. The number of β-amino-alcohol motifs (C(OH)–C–C–N with tert-alkyl or cyclic N) is 2. The summed E-state index contributed by atoms with van der Waals surface area (Å²) >= 11 is 1.60. The Hall–Kier alpha value is -2.28. The number of nitrogens with zero attached hydrogens (tertiary/aromatic N) is 2. The Morgan fingerprint density at radius 2 is 1.90 bits per heavy atom. The zero-order valence-corrected chi connectivity index (χ0v) is 18.0. The fourth-order valence-electron chi connectivity index (χ4n) is 4.24. The minimum Gasteiger partial charge on any atom is -0.394 e. The highest BCUT2D eigenvalue weighted by Gasteiger charge is 2.29. The number of aliphatic hydroxyl groups is 2. The Bertz CT molecular complexity index is 932. The topological polar surface area (TPSA) is 73.6 Å². The van der Waals surface area contributed by atoms with Gasteiger partial charge in [-0.05, 0) is 48.1 Å². The number of nitrogens with two attached hydrogens (primary N) is 1. The summed E-state index contributed by atoms with van der Waals surface area (Å²) in [4.78, 5) is 2.03. The van der Waals surface area contributed by atoms with Crippen LogP contribution in [0.5, 0.6) is 0 Å². The lowest BCUT2D eigenvalue weighted by Crippen LogP contribution is -2.35. The Morgan fingerprint density at radius 3 is 2.60 bits per heavy atom. The van der Waals surface area contributed by atoms with Crippen molar-refractivity contribution in [3.63, 3.8) is 0 Å². The Kier molecular flexibility index (Phi) is 6.46. The first-order chi connectivity index (χ1) is 14.5. The van der Waals surface area contributed by atoms with Crippen molar-refractivity contribution in [1.29, 1.82) is 0 Å². The molecule has 0 amide bonds. The molecule has 2 aliphatic rings. The lowest BCUT2D eigenvalue weighted by molar-refractivity contribution is -0.692. The van der Waals surface area contributed by atoms with Gasteiger partial charge in [-0.3, -0.25) is 0 Å². The lowest BCUT2D eigenvalue weighted by atomic mass is 9.87. The zero-order valence-electron chi connectivity index (χ0n) is 17.2. The number of fused-ring (bicyclic) bond motifs is 1. The minimum atomic E-state index is -0.666. The van der Waals surface area contributed by atoms with Crippen molar-refractivity contribution in [2.45, 2.75) is 38.0 Å². The number of hydrogen-bond acceptors (Lipinski definition) is 5. The third kappa shape index (κ3) is 4.89. The molecule has 0 saturated carbocycles. The summed E-state index contributed by atoms with van der Waals surface area (Å²) in [6.07, 6.45) is 8.75. The fourth-order valence-corrected chi connectivity index (χ4v) is 4.80. The second-order valence-electron chi connectivity index (χ2n) is 8.09. The van der Waals surface area contributed by atoms with Crippen LogP contribution in [-0.2, 0) is 13.0 Å². The number of allylic oxidation sites excluding steroid dienone is 1. The summed E-state index contributed by atoms with van der Waals surface area (Å²) in [5.41, 5.74) is 12.0. The predicted octanol–water partition coefficient (Wildman–Crippen LogP) is 2.56. The smallest absolute Gasteiger partial charge is 0.172 e. The molecule has 1 saturated heterocycles. The number of benzene rings is 1. The van der Waals surface area contributed by atoms with E-state index in [2.05, 4.69) is 59.9 Å². The van der Waals surface area contributed by atoms with Crippen molar-refractivity contribution in [3.05, 3.63) is 71.0 Å². The van der Waals surface area contributed by atoms with Gasteiger partial charge < -0.3 is 20.8 Å². The van der Waals surface area contributed by atoms with E-state index in [9.17, 15) is 10.2 Å². The van der Waals surface area contributed by atoms with Gasteiger partial charge in [-0.25, -0.2) is 4.57 Å². The maximum absolute atomic E-state index is 9.77. The van der Waals surface area contributed by atoms with Gasteiger partial charge in [-0.2, -0.15) is 0 Å². The van der Waals surface area contributed by atoms with E-state index in [0.717, 1.165) is 30.8 Å². The van der Waals surface area contributed by atoms with Gasteiger partial charge in [0, 0.05) is 30.4 Å². The van der Waals surface area contributed by atoms with Crippen molar-refractivity contribution in [3.8, 4) is 0 Å². The Morgan fingerprint density at radius 1 is 1.17 bits per heavy atom. The number of thioether (sulfide) groups is 1. The molecule has 30 heavy (non-hydrogen) atoms. The molecule has 1 aliphatic heterocycles. The van der Waals surface area contributed by atoms with Crippen molar-refractivity contribution >= 4 is 29.1 Å². The number of rotatable bonds is 6. The molecule has 1 aliphatic carbocycles. The number of aliphatic hydroxyl groups excluding tert-OH is 2. The third-order valence-electron chi connectivity index (χ3n) is 5.83. The monoisotopic (exact) mass is 424 g/mol. The average molecular weight is 425 g/mol. The normalized spacial score (nSPS) is 22.3. The van der Waals surface area contributed by atoms with Gasteiger partial charge in [0.25, 0.3) is 0 Å². The van der Waals surface area contributed by atoms with E-state index in [1.807, 2.05) is 4.90 Å². The van der Waals surface area contributed by atoms with E-state index >= 15 is 0 Å². The fraction of sp³-hybridized carbons (Fsp3) is 0.375. The zero-order chi connectivity index (χ0) is 21.1. The number of pyridine rings is 1. The molecule has 0 radical (unpaired) electrons. The van der Waals surface area contributed by atoms with Crippen LogP contribution in [0.4, 0.5) is 5.69 Å². The van der Waals surface area contributed by atoms with Crippen molar-refractivity contribution in [2.75, 3.05) is 23.7 Å². The number of anilines is 1. The quantitative estimate of drug-likeness (QED) is 0.622. The molecule has 2 heterocycles. The first-order valence-electron chi connectivity index (χ1n) is 10.5. The predicted molar refractivity (Wildman–Crippen MR) is 124 cm³/mol. The second kappa shape index (κ2) is 9.25. The van der Waals surface area contributed by atoms with E-state index in [1.165, 1.54) is 28.7 Å². The minimum absolute atomic E-state index is 0.479. The van der Waals surface area contributed by atoms with Gasteiger partial charge in [-0.1, -0.05) is 24.8 Å². The van der Waals surface area contributed by atoms with E-state index in [4.69, 9.17) is 5.73 Å². The molecular formula is C24H30N3O2S+. The Labute approximate surface area is 182 Å². The molecule has 158 valence electrons. The SMILES string of the molecule is C=C(N)SCC[n+]1ccc2c(c1)CCC/C2=C\c1ccc(N2CC(O)C(O)C2)cc1. The summed E-state index contributed by atoms with van der Waals surface area (Å²) in [6, 6.07) is 10.6. The highest BCUT2D eigenvalue weighted by molar-refractivity contribution is 8.02. The molecular weight excluding hydrogens is 394 g/mol. The molecule has 1 aromatic heterocycles. The summed E-state index contributed by atoms with van der Waals surface area (Å²) < 4.78 is 2.24. The van der Waals surface area contributed by atoms with E-state index in [0.29, 0.717) is 18.1 Å². The van der Waals surface area contributed by atoms with Crippen LogP contribution in [0.2, 0.25) is 0 Å². The summed E-state index contributed by atoms with van der Waals surface area (Å²) in [7, 11) is 0. The maximum Gasteiger partial charge on any atom is 0.172 e. The molecule has 5 nitrogen and oxygen atoms in total. The first-order valence-corrected chi connectivity index (χ1v) is 11.5. The highest BCUT2D eigenvalue weighted by Crippen LogP contribution is 2.32. The molecule has 1 aromatic carbocycles. The molecule has 2 aromatic rings. The Balaban J connectivity index is 1.48. The van der Waals surface area contributed by atoms with E-state index in [-0.39, 0.29) is 0 Å². The first kappa shape index (κ1) is 21.0. The average Bonchev–Trinajstić information content (AvgIpc) is 3.07. The van der Waals surface area contributed by atoms with Crippen LogP contribution >= 0.6 is 11.8 Å². The standard InChI is InChI=1S/C24H30N3O2S/c1-17(25)30-12-11-26-10-9-22-19(3-2-4-20(22)14-26)13-18-5-7-21(8-6-18)27-15-23(28)24(29)16-27/h5-10,13-14,23-24,28-29H,1-4,11-12,15-16,25H2/q+1. The number of aryl methyl sites for hydroxylation is 2. The third-order valence-corrected chi connectivity index (χ3v) is 6.59. The van der Waals surface area contributed by atoms with Crippen molar-refractivity contribution in [2.24, 2.45) is 5.73 Å². The van der Waals surface area contributed by atoms with E-state index < -0.39 is 12.2 Å². The van der Waals surface area contributed by atoms with Crippen molar-refractivity contribution in [1.82, 2.24) is 0 Å². The molecule has 1 fully saturated rings. The van der Waals surface area contributed by atoms with Crippen LogP contribution in [0, 0.1) is 0 Å². The van der Waals surface area contributed by atoms with Gasteiger partial charge in [0.1, 0.15) is 0 Å². The largest absolute Gasteiger partial charge is 0.394 e. The van der Waals surface area contributed by atoms with Crippen LogP contribution in [0.3, 0.4) is 0 Å². The van der Waals surface area contributed by atoms with E-state index in [1.54, 1.807) is 11.8 Å². The molecule has 4 rings (SSSR count). The van der Waals surface area contributed by atoms with Gasteiger partial charge in [0.2, 0.25) is 0 Å². The van der Waals surface area contributed by atoms with Crippen LogP contribution in [0.25, 0.3) is 11.6 Å². The van der Waals surface area contributed by atoms with Gasteiger partial charge in [-0.15, -0.1) is 11.8 Å². The highest BCUT2D eigenvalue weighted by atomic mass is 32.2. The van der Waals surface area contributed by atoms with Gasteiger partial charge in [0.15, 0.2) is 18.9 Å². The molecule has 6 heteroatoms. The number of aromatic nitrogens is 1. The van der Waals surface area contributed by atoms with Crippen LogP contribution in [0.15, 0.2) is 54.3 Å². The second-order valence-corrected chi connectivity index (χ2v) is 9.31. The van der Waals surface area contributed by atoms with Crippen LogP contribution in [-0.4, -0.2) is 41.3 Å². The summed E-state index contributed by atoms with van der Waals surface area (Å²) in [5.74, 6) is 0.929. The molecule has 0 bridgehead atoms. The summed E-state index contributed by atoms with van der Waals surface area (Å²) in [5, 5.41) is 20.2. The van der Waals surface area contributed by atoms with Gasteiger partial charge in [0.05, 0.1) is 23.0 Å².